The SMILES string of the molecule is CCCN(C)CC(NCC)C(C)C. The van der Waals surface area contributed by atoms with Crippen molar-refractivity contribution in [3.05, 3.63) is 0 Å². The van der Waals surface area contributed by atoms with Crippen molar-refractivity contribution in [3.63, 3.8) is 0 Å². The Morgan fingerprint density at radius 3 is 2.23 bits per heavy atom. The summed E-state index contributed by atoms with van der Waals surface area (Å²) >= 11 is 0. The van der Waals surface area contributed by atoms with Crippen LogP contribution >= 0.6 is 0 Å². The average molecular weight is 186 g/mol. The van der Waals surface area contributed by atoms with Crippen LogP contribution in [0.3, 0.4) is 0 Å². The van der Waals surface area contributed by atoms with Gasteiger partial charge in [-0.2, -0.15) is 0 Å². The number of likely N-dealkylation sites (N-methyl/N-ethyl adjacent to an activating group) is 2. The molecule has 0 saturated heterocycles. The lowest BCUT2D eigenvalue weighted by Crippen LogP contribution is -2.43. The van der Waals surface area contributed by atoms with Crippen molar-refractivity contribution in [2.24, 2.45) is 5.92 Å². The maximum Gasteiger partial charge on any atom is 0.0217 e. The summed E-state index contributed by atoms with van der Waals surface area (Å²) in [5.74, 6) is 0.722. The first-order valence-corrected chi connectivity index (χ1v) is 5.53. The number of rotatable bonds is 7. The maximum atomic E-state index is 3.53. The van der Waals surface area contributed by atoms with Gasteiger partial charge in [-0.05, 0) is 32.5 Å². The van der Waals surface area contributed by atoms with Crippen LogP contribution in [-0.4, -0.2) is 37.6 Å². The highest BCUT2D eigenvalue weighted by Crippen LogP contribution is 2.03. The van der Waals surface area contributed by atoms with E-state index in [1.165, 1.54) is 19.5 Å². The third kappa shape index (κ3) is 6.05. The molecule has 2 nitrogen and oxygen atoms in total. The molecule has 0 fully saturated rings. The van der Waals surface area contributed by atoms with Crippen molar-refractivity contribution in [3.8, 4) is 0 Å². The first kappa shape index (κ1) is 12.9. The molecule has 0 amide bonds. The summed E-state index contributed by atoms with van der Waals surface area (Å²) in [6, 6.07) is 0.640. The van der Waals surface area contributed by atoms with E-state index in [1.54, 1.807) is 0 Å². The predicted molar refractivity (Wildman–Crippen MR) is 60.1 cm³/mol. The number of hydrogen-bond donors (Lipinski definition) is 1. The molecule has 0 aliphatic carbocycles. The Balaban J connectivity index is 3.79. The van der Waals surface area contributed by atoms with E-state index in [0.29, 0.717) is 6.04 Å². The Hall–Kier alpha value is -0.0800. The molecule has 0 aliphatic rings. The van der Waals surface area contributed by atoms with E-state index >= 15 is 0 Å². The van der Waals surface area contributed by atoms with Crippen LogP contribution < -0.4 is 5.32 Å². The first-order chi connectivity index (χ1) is 6.11. The van der Waals surface area contributed by atoms with Gasteiger partial charge in [-0.15, -0.1) is 0 Å². The molecular formula is C11H26N2. The second-order valence-electron chi connectivity index (χ2n) is 4.17. The van der Waals surface area contributed by atoms with Gasteiger partial charge < -0.3 is 10.2 Å². The topological polar surface area (TPSA) is 15.3 Å². The molecule has 0 heterocycles. The third-order valence-corrected chi connectivity index (χ3v) is 2.38. The summed E-state index contributed by atoms with van der Waals surface area (Å²) in [7, 11) is 2.20. The van der Waals surface area contributed by atoms with Crippen molar-refractivity contribution in [2.75, 3.05) is 26.7 Å². The van der Waals surface area contributed by atoms with Crippen molar-refractivity contribution in [1.82, 2.24) is 10.2 Å². The fourth-order valence-corrected chi connectivity index (χ4v) is 1.58. The van der Waals surface area contributed by atoms with E-state index in [-0.39, 0.29) is 0 Å². The van der Waals surface area contributed by atoms with E-state index < -0.39 is 0 Å². The molecule has 1 unspecified atom stereocenters. The Bertz CT molecular complexity index is 113. The summed E-state index contributed by atoms with van der Waals surface area (Å²) < 4.78 is 0. The second kappa shape index (κ2) is 7.34. The largest absolute Gasteiger partial charge is 0.313 e. The molecule has 0 rings (SSSR count). The minimum Gasteiger partial charge on any atom is -0.313 e. The first-order valence-electron chi connectivity index (χ1n) is 5.53. The van der Waals surface area contributed by atoms with Gasteiger partial charge in [-0.1, -0.05) is 27.7 Å². The van der Waals surface area contributed by atoms with Gasteiger partial charge in [0.25, 0.3) is 0 Å². The highest BCUT2D eigenvalue weighted by Gasteiger charge is 2.13. The van der Waals surface area contributed by atoms with Gasteiger partial charge in [0.05, 0.1) is 0 Å². The van der Waals surface area contributed by atoms with Gasteiger partial charge in [0.15, 0.2) is 0 Å². The van der Waals surface area contributed by atoms with Crippen LogP contribution in [0, 0.1) is 5.92 Å². The molecule has 2 heteroatoms. The number of hydrogen-bond acceptors (Lipinski definition) is 2. The number of nitrogens with zero attached hydrogens (tertiary/aromatic N) is 1. The maximum absolute atomic E-state index is 3.53. The van der Waals surface area contributed by atoms with Gasteiger partial charge >= 0.3 is 0 Å². The van der Waals surface area contributed by atoms with Gasteiger partial charge in [0.1, 0.15) is 0 Å². The van der Waals surface area contributed by atoms with Gasteiger partial charge in [0, 0.05) is 12.6 Å². The van der Waals surface area contributed by atoms with Crippen molar-refractivity contribution in [1.29, 1.82) is 0 Å². The molecule has 0 aromatic heterocycles. The fraction of sp³-hybridized carbons (Fsp3) is 1.00. The quantitative estimate of drug-likeness (QED) is 0.654. The summed E-state index contributed by atoms with van der Waals surface area (Å²) in [6.07, 6.45) is 1.24. The van der Waals surface area contributed by atoms with Gasteiger partial charge in [0.2, 0.25) is 0 Å². The van der Waals surface area contributed by atoms with Crippen LogP contribution in [0.1, 0.15) is 34.1 Å². The third-order valence-electron chi connectivity index (χ3n) is 2.38. The second-order valence-corrected chi connectivity index (χ2v) is 4.17. The van der Waals surface area contributed by atoms with E-state index in [4.69, 9.17) is 0 Å². The van der Waals surface area contributed by atoms with Crippen LogP contribution in [0.4, 0.5) is 0 Å². The molecule has 0 saturated carbocycles. The monoisotopic (exact) mass is 186 g/mol. The molecule has 1 N–H and O–H groups in total. The Kier molecular flexibility index (Phi) is 7.29. The van der Waals surface area contributed by atoms with Crippen LogP contribution in [0.15, 0.2) is 0 Å². The zero-order valence-corrected chi connectivity index (χ0v) is 9.93. The van der Waals surface area contributed by atoms with E-state index in [1.807, 2.05) is 0 Å². The Labute approximate surface area is 83.7 Å². The van der Waals surface area contributed by atoms with E-state index in [9.17, 15) is 0 Å². The predicted octanol–water partition coefficient (Wildman–Crippen LogP) is 1.96. The Morgan fingerprint density at radius 2 is 1.85 bits per heavy atom. The molecular weight excluding hydrogens is 160 g/mol. The molecule has 0 aromatic carbocycles. The normalized spacial score (nSPS) is 14.1. The van der Waals surface area contributed by atoms with Crippen LogP contribution in [0.2, 0.25) is 0 Å². The molecule has 13 heavy (non-hydrogen) atoms. The summed E-state index contributed by atoms with van der Waals surface area (Å²) in [4.78, 5) is 2.41. The highest BCUT2D eigenvalue weighted by atomic mass is 15.1. The molecule has 80 valence electrons. The fourth-order valence-electron chi connectivity index (χ4n) is 1.58. The van der Waals surface area contributed by atoms with Gasteiger partial charge in [-0.3, -0.25) is 0 Å². The van der Waals surface area contributed by atoms with E-state index in [0.717, 1.165) is 12.5 Å². The summed E-state index contributed by atoms with van der Waals surface area (Å²) in [5.41, 5.74) is 0. The van der Waals surface area contributed by atoms with Crippen molar-refractivity contribution < 1.29 is 0 Å². The van der Waals surface area contributed by atoms with Gasteiger partial charge in [-0.25, -0.2) is 0 Å². The molecule has 0 aliphatic heterocycles. The summed E-state index contributed by atoms with van der Waals surface area (Å²) in [5, 5.41) is 3.53. The van der Waals surface area contributed by atoms with Crippen LogP contribution in [0.25, 0.3) is 0 Å². The minimum atomic E-state index is 0.640. The molecule has 0 spiro atoms. The molecule has 0 aromatic rings. The number of nitrogens with one attached hydrogen (secondary N) is 1. The lowest BCUT2D eigenvalue weighted by molar-refractivity contribution is 0.257. The van der Waals surface area contributed by atoms with Crippen molar-refractivity contribution in [2.45, 2.75) is 40.2 Å². The standard InChI is InChI=1S/C11H26N2/c1-6-8-13(5)9-11(10(3)4)12-7-2/h10-12H,6-9H2,1-5H3. The molecule has 0 bridgehead atoms. The zero-order chi connectivity index (χ0) is 10.3. The summed E-state index contributed by atoms with van der Waals surface area (Å²) in [6.45, 7) is 12.4. The highest BCUT2D eigenvalue weighted by molar-refractivity contribution is 4.73. The smallest absolute Gasteiger partial charge is 0.0217 e. The molecule has 0 radical (unpaired) electrons. The lowest BCUT2D eigenvalue weighted by atomic mass is 10.0. The van der Waals surface area contributed by atoms with Crippen molar-refractivity contribution >= 4 is 0 Å². The average Bonchev–Trinajstić information content (AvgIpc) is 2.04. The molecule has 1 atom stereocenters. The zero-order valence-electron chi connectivity index (χ0n) is 9.93. The van der Waals surface area contributed by atoms with Crippen LogP contribution in [-0.2, 0) is 0 Å². The van der Waals surface area contributed by atoms with E-state index in [2.05, 4.69) is 45.0 Å². The lowest BCUT2D eigenvalue weighted by Gasteiger charge is -2.27. The Morgan fingerprint density at radius 1 is 1.23 bits per heavy atom. The van der Waals surface area contributed by atoms with Crippen LogP contribution in [0.5, 0.6) is 0 Å². The minimum absolute atomic E-state index is 0.640.